The van der Waals surface area contributed by atoms with Crippen LogP contribution in [0.15, 0.2) is 84.9 Å². The first-order valence-corrected chi connectivity index (χ1v) is 8.82. The van der Waals surface area contributed by atoms with Gasteiger partial charge in [-0.3, -0.25) is 4.79 Å². The molecular formula is C23H20O5. The molecule has 5 heteroatoms. The van der Waals surface area contributed by atoms with Crippen LogP contribution in [0.2, 0.25) is 0 Å². The molecule has 0 radical (unpaired) electrons. The molecule has 3 aromatic rings. The van der Waals surface area contributed by atoms with Crippen molar-refractivity contribution in [3.8, 4) is 5.75 Å². The molecule has 1 N–H and O–H groups in total. The van der Waals surface area contributed by atoms with Crippen molar-refractivity contribution in [2.75, 3.05) is 0 Å². The molecule has 28 heavy (non-hydrogen) atoms. The summed E-state index contributed by atoms with van der Waals surface area (Å²) in [5.41, 5.74) is 1.62. The molecule has 0 aliphatic carbocycles. The Morgan fingerprint density at radius 2 is 1.32 bits per heavy atom. The van der Waals surface area contributed by atoms with E-state index < -0.39 is 24.1 Å². The lowest BCUT2D eigenvalue weighted by Gasteiger charge is -2.24. The Kier molecular flexibility index (Phi) is 6.19. The molecule has 0 aliphatic rings. The molecule has 142 valence electrons. The maximum atomic E-state index is 12.7. The predicted octanol–water partition coefficient (Wildman–Crippen LogP) is 4.24. The van der Waals surface area contributed by atoms with Crippen LogP contribution in [0.1, 0.15) is 40.6 Å². The minimum atomic E-state index is -1.02. The zero-order valence-corrected chi connectivity index (χ0v) is 15.3. The van der Waals surface area contributed by atoms with Gasteiger partial charge in [0.05, 0.1) is 5.56 Å². The van der Waals surface area contributed by atoms with E-state index in [1.807, 2.05) is 36.4 Å². The van der Waals surface area contributed by atoms with Crippen LogP contribution in [0.5, 0.6) is 5.75 Å². The van der Waals surface area contributed by atoms with Crippen molar-refractivity contribution < 1.29 is 24.2 Å². The molecule has 0 saturated heterocycles. The van der Waals surface area contributed by atoms with Crippen LogP contribution < -0.4 is 4.74 Å². The van der Waals surface area contributed by atoms with Crippen molar-refractivity contribution >= 4 is 11.9 Å². The average molecular weight is 376 g/mol. The Balaban J connectivity index is 1.83. The smallest absolute Gasteiger partial charge is 0.338 e. The number of benzene rings is 3. The lowest BCUT2D eigenvalue weighted by molar-refractivity contribution is -0.131. The molecule has 0 fully saturated rings. The van der Waals surface area contributed by atoms with E-state index in [-0.39, 0.29) is 5.56 Å². The highest BCUT2D eigenvalue weighted by molar-refractivity contribution is 5.89. The molecule has 0 aromatic heterocycles. The topological polar surface area (TPSA) is 72.8 Å². The number of carbonyl (C=O) groups is 2. The lowest BCUT2D eigenvalue weighted by atomic mass is 9.98. The van der Waals surface area contributed by atoms with Crippen LogP contribution in [-0.4, -0.2) is 17.0 Å². The third-order valence-electron chi connectivity index (χ3n) is 4.14. The van der Waals surface area contributed by atoms with Gasteiger partial charge in [0.25, 0.3) is 0 Å². The van der Waals surface area contributed by atoms with Crippen LogP contribution in [0.4, 0.5) is 0 Å². The summed E-state index contributed by atoms with van der Waals surface area (Å²) < 4.78 is 10.6. The minimum Gasteiger partial charge on any atom is -0.451 e. The third-order valence-corrected chi connectivity index (χ3v) is 4.14. The third kappa shape index (κ3) is 4.84. The Hall–Kier alpha value is -3.44. The van der Waals surface area contributed by atoms with E-state index in [1.54, 1.807) is 24.3 Å². The van der Waals surface area contributed by atoms with E-state index in [4.69, 9.17) is 9.47 Å². The van der Waals surface area contributed by atoms with Gasteiger partial charge >= 0.3 is 11.9 Å². The first kappa shape index (κ1) is 19.3. The molecule has 0 bridgehead atoms. The molecule has 0 heterocycles. The zero-order valence-electron chi connectivity index (χ0n) is 15.3. The van der Waals surface area contributed by atoms with Crippen LogP contribution in [0.25, 0.3) is 0 Å². The van der Waals surface area contributed by atoms with Gasteiger partial charge in [-0.2, -0.15) is 0 Å². The van der Waals surface area contributed by atoms with Gasteiger partial charge in [0.2, 0.25) is 0 Å². The van der Waals surface area contributed by atoms with Gasteiger partial charge < -0.3 is 14.6 Å². The van der Waals surface area contributed by atoms with Gasteiger partial charge in [-0.1, -0.05) is 60.7 Å². The molecule has 5 nitrogen and oxygen atoms in total. The Labute approximate surface area is 163 Å². The molecular weight excluding hydrogens is 356 g/mol. The maximum absolute atomic E-state index is 12.7. The highest BCUT2D eigenvalue weighted by Crippen LogP contribution is 2.33. The van der Waals surface area contributed by atoms with Crippen molar-refractivity contribution in [1.29, 1.82) is 0 Å². The number of hydrogen-bond acceptors (Lipinski definition) is 5. The minimum absolute atomic E-state index is 0.289. The van der Waals surface area contributed by atoms with Crippen molar-refractivity contribution in [3.05, 3.63) is 102 Å². The SMILES string of the molecule is CC(=O)Oc1ccc(C(=O)O[C@H](c2ccccc2)[C@H](O)c2ccccc2)cc1. The fourth-order valence-corrected chi connectivity index (χ4v) is 2.79. The number of aliphatic hydroxyl groups is 1. The average Bonchev–Trinajstić information content (AvgIpc) is 2.73. The number of aliphatic hydroxyl groups excluding tert-OH is 1. The summed E-state index contributed by atoms with van der Waals surface area (Å²) in [6, 6.07) is 24.2. The van der Waals surface area contributed by atoms with E-state index in [0.29, 0.717) is 16.9 Å². The van der Waals surface area contributed by atoms with Crippen molar-refractivity contribution in [2.45, 2.75) is 19.1 Å². The van der Waals surface area contributed by atoms with Gasteiger partial charge in [-0.25, -0.2) is 4.79 Å². The molecule has 0 saturated carbocycles. The summed E-state index contributed by atoms with van der Waals surface area (Å²) in [6.45, 7) is 1.30. The zero-order chi connectivity index (χ0) is 19.9. The second-order valence-corrected chi connectivity index (χ2v) is 6.21. The van der Waals surface area contributed by atoms with E-state index in [2.05, 4.69) is 0 Å². The molecule has 0 unspecified atom stereocenters. The summed E-state index contributed by atoms with van der Waals surface area (Å²) in [6.07, 6.45) is -1.89. The highest BCUT2D eigenvalue weighted by Gasteiger charge is 2.27. The van der Waals surface area contributed by atoms with Crippen LogP contribution in [0.3, 0.4) is 0 Å². The predicted molar refractivity (Wildman–Crippen MR) is 104 cm³/mol. The first-order chi connectivity index (χ1) is 13.5. The van der Waals surface area contributed by atoms with E-state index in [9.17, 15) is 14.7 Å². The Morgan fingerprint density at radius 3 is 1.86 bits per heavy atom. The molecule has 2 atom stereocenters. The van der Waals surface area contributed by atoms with E-state index in [1.165, 1.54) is 31.2 Å². The fraction of sp³-hybridized carbons (Fsp3) is 0.130. The van der Waals surface area contributed by atoms with Crippen LogP contribution in [-0.2, 0) is 9.53 Å². The van der Waals surface area contributed by atoms with Crippen molar-refractivity contribution in [3.63, 3.8) is 0 Å². The summed E-state index contributed by atoms with van der Waals surface area (Å²) >= 11 is 0. The second kappa shape index (κ2) is 8.97. The van der Waals surface area contributed by atoms with E-state index >= 15 is 0 Å². The summed E-state index contributed by atoms with van der Waals surface area (Å²) in [4.78, 5) is 23.7. The molecule has 3 rings (SSSR count). The molecule has 3 aromatic carbocycles. The van der Waals surface area contributed by atoms with Crippen LogP contribution in [0, 0.1) is 0 Å². The fourth-order valence-electron chi connectivity index (χ4n) is 2.79. The number of carbonyl (C=O) groups excluding carboxylic acids is 2. The quantitative estimate of drug-likeness (QED) is 0.514. The lowest BCUT2D eigenvalue weighted by Crippen LogP contribution is -2.18. The standard InChI is InChI=1S/C23H20O5/c1-16(24)27-20-14-12-19(13-15-20)23(26)28-22(18-10-6-3-7-11-18)21(25)17-8-4-2-5-9-17/h2-15,21-22,25H,1H3/t21-,22-/m1/s1. The summed E-state index contributed by atoms with van der Waals surface area (Å²) in [5.74, 6) is -0.684. The monoisotopic (exact) mass is 376 g/mol. The Bertz CT molecular complexity index is 920. The van der Waals surface area contributed by atoms with Crippen molar-refractivity contribution in [1.82, 2.24) is 0 Å². The summed E-state index contributed by atoms with van der Waals surface area (Å²) in [5, 5.41) is 10.8. The van der Waals surface area contributed by atoms with E-state index in [0.717, 1.165) is 0 Å². The van der Waals surface area contributed by atoms with Crippen LogP contribution >= 0.6 is 0 Å². The van der Waals surface area contributed by atoms with Gasteiger partial charge in [0.1, 0.15) is 11.9 Å². The van der Waals surface area contributed by atoms with Gasteiger partial charge in [0, 0.05) is 6.92 Å². The van der Waals surface area contributed by atoms with Gasteiger partial charge in [-0.05, 0) is 35.4 Å². The van der Waals surface area contributed by atoms with Crippen molar-refractivity contribution in [2.24, 2.45) is 0 Å². The number of esters is 2. The van der Waals surface area contributed by atoms with Gasteiger partial charge in [0.15, 0.2) is 6.10 Å². The van der Waals surface area contributed by atoms with Gasteiger partial charge in [-0.15, -0.1) is 0 Å². The largest absolute Gasteiger partial charge is 0.451 e. The number of hydrogen-bond donors (Lipinski definition) is 1. The Morgan fingerprint density at radius 1 is 0.786 bits per heavy atom. The number of ether oxygens (including phenoxy) is 2. The molecule has 0 amide bonds. The normalized spacial score (nSPS) is 12.6. The summed E-state index contributed by atoms with van der Waals surface area (Å²) in [7, 11) is 0. The highest BCUT2D eigenvalue weighted by atomic mass is 16.6. The molecule has 0 spiro atoms. The molecule has 0 aliphatic heterocycles. The number of rotatable bonds is 6. The second-order valence-electron chi connectivity index (χ2n) is 6.21. The first-order valence-electron chi connectivity index (χ1n) is 8.82. The maximum Gasteiger partial charge on any atom is 0.338 e.